The standard InChI is InChI=1S/C23H29N3O7/c1-22(2,3)33-21(30)26-12-10-25(11-13-26)18(27)15-8-6-7-9-17(15)24-14-16-19(28)31-23(4,5)32-20(16)29/h6-9,14,24H,10-13H2,1-5H3. The number of para-hydroxylation sites is 1. The fraction of sp³-hybridized carbons (Fsp3) is 0.478. The van der Waals surface area contributed by atoms with Gasteiger partial charge in [0.25, 0.3) is 11.7 Å². The number of carbonyl (C=O) groups is 4. The second-order valence-corrected chi connectivity index (χ2v) is 9.19. The Kier molecular flexibility index (Phi) is 6.66. The fourth-order valence-corrected chi connectivity index (χ4v) is 3.31. The summed E-state index contributed by atoms with van der Waals surface area (Å²) in [7, 11) is 0. The Labute approximate surface area is 192 Å². The lowest BCUT2D eigenvalue weighted by Crippen LogP contribution is -2.51. The van der Waals surface area contributed by atoms with E-state index in [1.54, 1.807) is 54.8 Å². The van der Waals surface area contributed by atoms with Gasteiger partial charge < -0.3 is 29.3 Å². The third-order valence-electron chi connectivity index (χ3n) is 4.86. The molecule has 10 heteroatoms. The molecule has 0 aliphatic carbocycles. The molecule has 0 aromatic heterocycles. The van der Waals surface area contributed by atoms with Gasteiger partial charge in [0, 0.05) is 46.2 Å². The summed E-state index contributed by atoms with van der Waals surface area (Å²) in [6.45, 7) is 9.74. The molecule has 33 heavy (non-hydrogen) atoms. The summed E-state index contributed by atoms with van der Waals surface area (Å²) in [4.78, 5) is 52.9. The number of cyclic esters (lactones) is 2. The fourth-order valence-electron chi connectivity index (χ4n) is 3.31. The van der Waals surface area contributed by atoms with Crippen LogP contribution in [0.2, 0.25) is 0 Å². The van der Waals surface area contributed by atoms with E-state index in [2.05, 4.69) is 5.32 Å². The third-order valence-corrected chi connectivity index (χ3v) is 4.86. The molecular weight excluding hydrogens is 430 g/mol. The zero-order chi connectivity index (χ0) is 24.4. The number of hydrogen-bond donors (Lipinski definition) is 1. The summed E-state index contributed by atoms with van der Waals surface area (Å²) in [5.74, 6) is -3.20. The minimum Gasteiger partial charge on any atom is -0.444 e. The summed E-state index contributed by atoms with van der Waals surface area (Å²) < 4.78 is 15.5. The Balaban J connectivity index is 1.67. The second-order valence-electron chi connectivity index (χ2n) is 9.19. The Bertz CT molecular complexity index is 964. The van der Waals surface area contributed by atoms with Crippen molar-refractivity contribution < 1.29 is 33.4 Å². The maximum Gasteiger partial charge on any atom is 0.410 e. The van der Waals surface area contributed by atoms with Crippen molar-refractivity contribution in [1.29, 1.82) is 0 Å². The first kappa shape index (κ1) is 24.1. The topological polar surface area (TPSA) is 114 Å². The molecule has 2 heterocycles. The van der Waals surface area contributed by atoms with Crippen LogP contribution in [0, 0.1) is 0 Å². The van der Waals surface area contributed by atoms with E-state index in [0.29, 0.717) is 37.4 Å². The lowest BCUT2D eigenvalue weighted by atomic mass is 10.1. The number of nitrogens with one attached hydrogen (secondary N) is 1. The molecule has 0 atom stereocenters. The molecule has 2 saturated heterocycles. The van der Waals surface area contributed by atoms with Crippen LogP contribution in [0.15, 0.2) is 36.0 Å². The molecule has 2 amide bonds. The highest BCUT2D eigenvalue weighted by atomic mass is 16.7. The summed E-state index contributed by atoms with van der Waals surface area (Å²) >= 11 is 0. The van der Waals surface area contributed by atoms with Crippen LogP contribution in [0.25, 0.3) is 0 Å². The highest BCUT2D eigenvalue weighted by Crippen LogP contribution is 2.24. The zero-order valence-corrected chi connectivity index (χ0v) is 19.5. The van der Waals surface area contributed by atoms with E-state index in [9.17, 15) is 19.2 Å². The van der Waals surface area contributed by atoms with Crippen molar-refractivity contribution in [3.8, 4) is 0 Å². The minimum atomic E-state index is -1.33. The van der Waals surface area contributed by atoms with Gasteiger partial charge in [-0.1, -0.05) is 12.1 Å². The van der Waals surface area contributed by atoms with Gasteiger partial charge in [-0.2, -0.15) is 0 Å². The Morgan fingerprint density at radius 1 is 1.00 bits per heavy atom. The van der Waals surface area contributed by atoms with Crippen molar-refractivity contribution in [2.24, 2.45) is 0 Å². The number of benzene rings is 1. The molecule has 2 aliphatic rings. The van der Waals surface area contributed by atoms with Gasteiger partial charge in [0.05, 0.1) is 11.3 Å². The third kappa shape index (κ3) is 6.03. The number of piperazine rings is 1. The van der Waals surface area contributed by atoms with E-state index in [-0.39, 0.29) is 11.5 Å². The SMILES string of the molecule is CC(C)(C)OC(=O)N1CCN(C(=O)c2ccccc2NC=C2C(=O)OC(C)(C)OC2=O)CC1. The van der Waals surface area contributed by atoms with E-state index >= 15 is 0 Å². The summed E-state index contributed by atoms with van der Waals surface area (Å²) in [6, 6.07) is 6.74. The van der Waals surface area contributed by atoms with E-state index in [4.69, 9.17) is 14.2 Å². The molecule has 0 saturated carbocycles. The number of anilines is 1. The van der Waals surface area contributed by atoms with E-state index in [0.717, 1.165) is 0 Å². The van der Waals surface area contributed by atoms with Crippen molar-refractivity contribution in [1.82, 2.24) is 9.80 Å². The Morgan fingerprint density at radius 3 is 2.12 bits per heavy atom. The monoisotopic (exact) mass is 459 g/mol. The molecule has 2 fully saturated rings. The first-order valence-corrected chi connectivity index (χ1v) is 10.7. The van der Waals surface area contributed by atoms with E-state index in [1.807, 2.05) is 0 Å². The van der Waals surface area contributed by atoms with Crippen molar-refractivity contribution in [2.45, 2.75) is 46.0 Å². The van der Waals surface area contributed by atoms with Gasteiger partial charge in [0.1, 0.15) is 5.60 Å². The zero-order valence-electron chi connectivity index (χ0n) is 19.5. The van der Waals surface area contributed by atoms with Gasteiger partial charge in [0.2, 0.25) is 0 Å². The molecule has 0 bridgehead atoms. The number of rotatable bonds is 3. The van der Waals surface area contributed by atoms with Crippen LogP contribution in [0.4, 0.5) is 10.5 Å². The number of ether oxygens (including phenoxy) is 3. The highest BCUT2D eigenvalue weighted by molar-refractivity contribution is 6.15. The molecule has 2 aliphatic heterocycles. The lowest BCUT2D eigenvalue weighted by molar-refractivity contribution is -0.222. The minimum absolute atomic E-state index is 0.240. The van der Waals surface area contributed by atoms with Gasteiger partial charge in [0.15, 0.2) is 5.57 Å². The average Bonchev–Trinajstić information content (AvgIpc) is 2.71. The largest absolute Gasteiger partial charge is 0.444 e. The summed E-state index contributed by atoms with van der Waals surface area (Å²) in [6.07, 6.45) is 0.768. The smallest absolute Gasteiger partial charge is 0.410 e. The number of amides is 2. The van der Waals surface area contributed by atoms with Gasteiger partial charge in [-0.15, -0.1) is 0 Å². The highest BCUT2D eigenvalue weighted by Gasteiger charge is 2.39. The summed E-state index contributed by atoms with van der Waals surface area (Å²) in [5.41, 5.74) is -0.119. The van der Waals surface area contributed by atoms with Crippen LogP contribution in [-0.2, 0) is 23.8 Å². The summed E-state index contributed by atoms with van der Waals surface area (Å²) in [5, 5.41) is 2.85. The van der Waals surface area contributed by atoms with Crippen molar-refractivity contribution in [3.63, 3.8) is 0 Å². The Hall–Kier alpha value is -3.56. The van der Waals surface area contributed by atoms with Crippen LogP contribution in [0.5, 0.6) is 0 Å². The van der Waals surface area contributed by atoms with Crippen molar-refractivity contribution >= 4 is 29.6 Å². The first-order chi connectivity index (χ1) is 15.4. The van der Waals surface area contributed by atoms with Crippen LogP contribution in [-0.4, -0.2) is 71.3 Å². The lowest BCUT2D eigenvalue weighted by Gasteiger charge is -2.35. The predicted octanol–water partition coefficient (Wildman–Crippen LogP) is 2.51. The number of carbonyl (C=O) groups excluding carboxylic acids is 4. The molecule has 10 nitrogen and oxygen atoms in total. The quantitative estimate of drug-likeness (QED) is 0.417. The molecule has 3 rings (SSSR count). The van der Waals surface area contributed by atoms with Crippen LogP contribution >= 0.6 is 0 Å². The predicted molar refractivity (Wildman–Crippen MR) is 118 cm³/mol. The number of hydrogen-bond acceptors (Lipinski definition) is 8. The molecule has 0 spiro atoms. The van der Waals surface area contributed by atoms with Crippen LogP contribution < -0.4 is 5.32 Å². The Morgan fingerprint density at radius 2 is 1.55 bits per heavy atom. The average molecular weight is 459 g/mol. The maximum atomic E-state index is 13.1. The molecule has 1 aromatic rings. The number of esters is 2. The maximum absolute atomic E-state index is 13.1. The molecule has 178 valence electrons. The normalized spacial score (nSPS) is 18.3. The van der Waals surface area contributed by atoms with Crippen LogP contribution in [0.3, 0.4) is 0 Å². The van der Waals surface area contributed by atoms with Gasteiger partial charge in [-0.25, -0.2) is 14.4 Å². The molecular formula is C23H29N3O7. The van der Waals surface area contributed by atoms with Crippen molar-refractivity contribution in [3.05, 3.63) is 41.6 Å². The molecule has 0 unspecified atom stereocenters. The molecule has 0 radical (unpaired) electrons. The van der Waals surface area contributed by atoms with Crippen molar-refractivity contribution in [2.75, 3.05) is 31.5 Å². The van der Waals surface area contributed by atoms with Gasteiger partial charge >= 0.3 is 18.0 Å². The van der Waals surface area contributed by atoms with E-state index < -0.39 is 29.4 Å². The first-order valence-electron chi connectivity index (χ1n) is 10.7. The number of nitrogens with zero attached hydrogens (tertiary/aromatic N) is 2. The second kappa shape index (κ2) is 9.13. The van der Waals surface area contributed by atoms with Crippen LogP contribution in [0.1, 0.15) is 45.0 Å². The molecule has 1 aromatic carbocycles. The van der Waals surface area contributed by atoms with Gasteiger partial charge in [-0.3, -0.25) is 4.79 Å². The van der Waals surface area contributed by atoms with E-state index in [1.165, 1.54) is 20.0 Å². The molecule has 1 N–H and O–H groups in total. The van der Waals surface area contributed by atoms with Gasteiger partial charge in [-0.05, 0) is 32.9 Å².